The summed E-state index contributed by atoms with van der Waals surface area (Å²) in [7, 11) is 1.63. The molecular weight excluding hydrogens is 310 g/mol. The Bertz CT molecular complexity index is 814. The molecule has 23 heavy (non-hydrogen) atoms. The lowest BCUT2D eigenvalue weighted by atomic mass is 10.2. The molecule has 0 aliphatic carbocycles. The standard InChI is InChI=1S/C17H15N3O2S/c1-11-15(16(21)20-13-4-3-9-18-10-13)23-17(19-11)12-5-7-14(22-2)8-6-12/h3-10H,1-2H3,(H,20,21). The van der Waals surface area contributed by atoms with Gasteiger partial charge in [0, 0.05) is 11.8 Å². The molecule has 0 unspecified atom stereocenters. The van der Waals surface area contributed by atoms with Gasteiger partial charge in [0.25, 0.3) is 5.91 Å². The van der Waals surface area contributed by atoms with E-state index in [0.29, 0.717) is 16.3 Å². The van der Waals surface area contributed by atoms with Crippen molar-refractivity contribution in [2.75, 3.05) is 12.4 Å². The maximum atomic E-state index is 12.4. The van der Waals surface area contributed by atoms with Crippen LogP contribution in [0, 0.1) is 6.92 Å². The minimum Gasteiger partial charge on any atom is -0.497 e. The first-order valence-corrected chi connectivity index (χ1v) is 7.82. The topological polar surface area (TPSA) is 64.1 Å². The molecule has 1 aromatic carbocycles. The van der Waals surface area contributed by atoms with Crippen molar-refractivity contribution in [2.45, 2.75) is 6.92 Å². The molecule has 3 aromatic rings. The monoisotopic (exact) mass is 325 g/mol. The van der Waals surface area contributed by atoms with Gasteiger partial charge in [-0.25, -0.2) is 4.98 Å². The van der Waals surface area contributed by atoms with E-state index in [1.807, 2.05) is 31.2 Å². The SMILES string of the molecule is COc1ccc(-c2nc(C)c(C(=O)Nc3cccnc3)s2)cc1. The summed E-state index contributed by atoms with van der Waals surface area (Å²) in [5, 5.41) is 3.64. The van der Waals surface area contributed by atoms with E-state index >= 15 is 0 Å². The number of anilines is 1. The highest BCUT2D eigenvalue weighted by Crippen LogP contribution is 2.29. The predicted octanol–water partition coefficient (Wildman–Crippen LogP) is 3.77. The number of aryl methyl sites for hydroxylation is 1. The van der Waals surface area contributed by atoms with Gasteiger partial charge in [0.1, 0.15) is 15.6 Å². The molecule has 1 amide bonds. The molecule has 2 aromatic heterocycles. The molecule has 2 heterocycles. The Hall–Kier alpha value is -2.73. The van der Waals surface area contributed by atoms with Gasteiger partial charge in [0.15, 0.2) is 0 Å². The smallest absolute Gasteiger partial charge is 0.267 e. The molecule has 0 saturated carbocycles. The third-order valence-electron chi connectivity index (χ3n) is 3.26. The zero-order chi connectivity index (χ0) is 16.2. The summed E-state index contributed by atoms with van der Waals surface area (Å²) >= 11 is 1.37. The molecular formula is C17H15N3O2S. The molecule has 0 radical (unpaired) electrons. The lowest BCUT2D eigenvalue weighted by molar-refractivity contribution is 0.103. The predicted molar refractivity (Wildman–Crippen MR) is 91.0 cm³/mol. The number of hydrogen-bond donors (Lipinski definition) is 1. The van der Waals surface area contributed by atoms with Crippen LogP contribution in [0.5, 0.6) is 5.75 Å². The van der Waals surface area contributed by atoms with Crippen LogP contribution in [0.3, 0.4) is 0 Å². The molecule has 116 valence electrons. The average molecular weight is 325 g/mol. The van der Waals surface area contributed by atoms with E-state index in [-0.39, 0.29) is 5.91 Å². The van der Waals surface area contributed by atoms with Gasteiger partial charge in [0.05, 0.1) is 24.7 Å². The number of rotatable bonds is 4. The van der Waals surface area contributed by atoms with Gasteiger partial charge in [-0.05, 0) is 43.3 Å². The number of nitrogens with zero attached hydrogens (tertiary/aromatic N) is 2. The number of nitrogens with one attached hydrogen (secondary N) is 1. The van der Waals surface area contributed by atoms with Gasteiger partial charge in [0.2, 0.25) is 0 Å². The Balaban J connectivity index is 1.84. The van der Waals surface area contributed by atoms with Gasteiger partial charge in [-0.1, -0.05) is 0 Å². The van der Waals surface area contributed by atoms with E-state index in [1.165, 1.54) is 11.3 Å². The zero-order valence-corrected chi connectivity index (χ0v) is 13.6. The molecule has 6 heteroatoms. The summed E-state index contributed by atoms with van der Waals surface area (Å²) in [5.41, 5.74) is 2.33. The van der Waals surface area contributed by atoms with E-state index in [0.717, 1.165) is 16.3 Å². The van der Waals surface area contributed by atoms with Crippen molar-refractivity contribution in [3.8, 4) is 16.3 Å². The van der Waals surface area contributed by atoms with Gasteiger partial charge < -0.3 is 10.1 Å². The van der Waals surface area contributed by atoms with Crippen molar-refractivity contribution in [3.05, 3.63) is 59.4 Å². The third kappa shape index (κ3) is 3.37. The number of thiazole rings is 1. The average Bonchev–Trinajstić information content (AvgIpc) is 2.98. The number of carbonyl (C=O) groups excluding carboxylic acids is 1. The molecule has 0 saturated heterocycles. The quantitative estimate of drug-likeness (QED) is 0.793. The van der Waals surface area contributed by atoms with Gasteiger partial charge in [-0.15, -0.1) is 11.3 Å². The van der Waals surface area contributed by atoms with E-state index in [2.05, 4.69) is 15.3 Å². The minimum absolute atomic E-state index is 0.173. The lowest BCUT2D eigenvalue weighted by Crippen LogP contribution is -2.11. The summed E-state index contributed by atoms with van der Waals surface area (Å²) in [5.74, 6) is 0.615. The Morgan fingerprint density at radius 1 is 1.22 bits per heavy atom. The fourth-order valence-corrected chi connectivity index (χ4v) is 3.06. The molecule has 0 aliphatic heterocycles. The van der Waals surface area contributed by atoms with Crippen LogP contribution in [0.4, 0.5) is 5.69 Å². The Kier molecular flexibility index (Phi) is 4.34. The summed E-state index contributed by atoms with van der Waals surface area (Å²) < 4.78 is 5.15. The van der Waals surface area contributed by atoms with Crippen molar-refractivity contribution in [2.24, 2.45) is 0 Å². The second-order valence-electron chi connectivity index (χ2n) is 4.86. The van der Waals surface area contributed by atoms with Crippen molar-refractivity contribution < 1.29 is 9.53 Å². The first-order valence-electron chi connectivity index (χ1n) is 7.00. The number of methoxy groups -OCH3 is 1. The van der Waals surface area contributed by atoms with Crippen molar-refractivity contribution in [1.29, 1.82) is 0 Å². The molecule has 3 rings (SSSR count). The highest BCUT2D eigenvalue weighted by Gasteiger charge is 2.16. The molecule has 0 fully saturated rings. The molecule has 0 bridgehead atoms. The van der Waals surface area contributed by atoms with Crippen LogP contribution in [-0.4, -0.2) is 23.0 Å². The maximum absolute atomic E-state index is 12.4. The second kappa shape index (κ2) is 6.58. The van der Waals surface area contributed by atoms with E-state index < -0.39 is 0 Å². The molecule has 0 atom stereocenters. The molecule has 5 nitrogen and oxygen atoms in total. The van der Waals surface area contributed by atoms with Crippen molar-refractivity contribution in [1.82, 2.24) is 9.97 Å². The van der Waals surface area contributed by atoms with Gasteiger partial charge >= 0.3 is 0 Å². The normalized spacial score (nSPS) is 10.3. The summed E-state index contributed by atoms with van der Waals surface area (Å²) in [6, 6.07) is 11.2. The second-order valence-corrected chi connectivity index (χ2v) is 5.86. The fraction of sp³-hybridized carbons (Fsp3) is 0.118. The largest absolute Gasteiger partial charge is 0.497 e. The van der Waals surface area contributed by atoms with Crippen LogP contribution in [0.25, 0.3) is 10.6 Å². The summed E-state index contributed by atoms with van der Waals surface area (Å²) in [4.78, 5) is 21.5. The van der Waals surface area contributed by atoms with Crippen LogP contribution >= 0.6 is 11.3 Å². The first kappa shape index (κ1) is 15.2. The Labute approximate surface area is 138 Å². The summed E-state index contributed by atoms with van der Waals surface area (Å²) in [6.45, 7) is 1.84. The van der Waals surface area contributed by atoms with Crippen LogP contribution < -0.4 is 10.1 Å². The number of carbonyl (C=O) groups is 1. The number of pyridine rings is 1. The molecule has 0 spiro atoms. The number of hydrogen-bond acceptors (Lipinski definition) is 5. The molecule has 0 aliphatic rings. The van der Waals surface area contributed by atoms with Crippen molar-refractivity contribution in [3.63, 3.8) is 0 Å². The van der Waals surface area contributed by atoms with Gasteiger partial charge in [-0.2, -0.15) is 0 Å². The number of aromatic nitrogens is 2. The maximum Gasteiger partial charge on any atom is 0.267 e. The Morgan fingerprint density at radius 2 is 2.00 bits per heavy atom. The lowest BCUT2D eigenvalue weighted by Gasteiger charge is -2.02. The van der Waals surface area contributed by atoms with Crippen LogP contribution in [0.2, 0.25) is 0 Å². The van der Waals surface area contributed by atoms with Gasteiger partial charge in [-0.3, -0.25) is 9.78 Å². The van der Waals surface area contributed by atoms with E-state index in [9.17, 15) is 4.79 Å². The fourth-order valence-electron chi connectivity index (χ4n) is 2.09. The van der Waals surface area contributed by atoms with E-state index in [1.54, 1.807) is 31.6 Å². The Morgan fingerprint density at radius 3 is 2.65 bits per heavy atom. The van der Waals surface area contributed by atoms with Crippen LogP contribution in [0.15, 0.2) is 48.8 Å². The van der Waals surface area contributed by atoms with Crippen LogP contribution in [-0.2, 0) is 0 Å². The third-order valence-corrected chi connectivity index (χ3v) is 4.46. The van der Waals surface area contributed by atoms with Crippen LogP contribution in [0.1, 0.15) is 15.4 Å². The first-order chi connectivity index (χ1) is 11.2. The van der Waals surface area contributed by atoms with Crippen molar-refractivity contribution >= 4 is 22.9 Å². The number of ether oxygens (including phenoxy) is 1. The van der Waals surface area contributed by atoms with E-state index in [4.69, 9.17) is 4.74 Å². The number of benzene rings is 1. The minimum atomic E-state index is -0.173. The summed E-state index contributed by atoms with van der Waals surface area (Å²) in [6.07, 6.45) is 3.27. The zero-order valence-electron chi connectivity index (χ0n) is 12.7. The highest BCUT2D eigenvalue weighted by molar-refractivity contribution is 7.17. The highest BCUT2D eigenvalue weighted by atomic mass is 32.1. The molecule has 1 N–H and O–H groups in total. The number of amides is 1.